The highest BCUT2D eigenvalue weighted by Gasteiger charge is 2.25. The zero-order valence-corrected chi connectivity index (χ0v) is 10.1. The number of benzene rings is 1. The van der Waals surface area contributed by atoms with Gasteiger partial charge in [-0.05, 0) is 30.5 Å². The summed E-state index contributed by atoms with van der Waals surface area (Å²) in [5, 5.41) is 0. The van der Waals surface area contributed by atoms with Crippen LogP contribution in [0.1, 0.15) is 30.9 Å². The Morgan fingerprint density at radius 1 is 1.50 bits per heavy atom. The Morgan fingerprint density at radius 3 is 2.75 bits per heavy atom. The van der Waals surface area contributed by atoms with Gasteiger partial charge in [0.15, 0.2) is 0 Å². The predicted molar refractivity (Wildman–Crippen MR) is 64.5 cm³/mol. The van der Waals surface area contributed by atoms with E-state index in [1.165, 1.54) is 18.9 Å². The van der Waals surface area contributed by atoms with Gasteiger partial charge < -0.3 is 10.5 Å². The Kier molecular flexibility index (Phi) is 4.56. The lowest BCUT2D eigenvalue weighted by atomic mass is 10.0. The first-order valence-electron chi connectivity index (χ1n) is 5.29. The fraction of sp³-hybridized carbons (Fsp3) is 0.500. The van der Waals surface area contributed by atoms with Crippen molar-refractivity contribution in [1.29, 1.82) is 0 Å². The molecule has 2 nitrogen and oxygen atoms in total. The normalized spacial score (nSPS) is 16.4. The summed E-state index contributed by atoms with van der Waals surface area (Å²) in [7, 11) is 1.57. The molecule has 0 radical (unpaired) electrons. The molecule has 0 aliphatic heterocycles. The minimum absolute atomic E-state index is 0. The third kappa shape index (κ3) is 3.09. The molecular weight excluding hydrogens is 229 g/mol. The minimum atomic E-state index is -0.232. The standard InChI is InChI=1S/C12H16FNO.ClH/c1-15-9-4-5-11(13)10(7-9)12(14)6-8-2-3-8;/h4-5,7-8,12H,2-3,6,14H2,1H3;1H/t12-;/m0./s1. The highest BCUT2D eigenvalue weighted by atomic mass is 35.5. The maximum Gasteiger partial charge on any atom is 0.128 e. The molecule has 1 aromatic carbocycles. The molecule has 0 amide bonds. The van der Waals surface area contributed by atoms with E-state index >= 15 is 0 Å². The quantitative estimate of drug-likeness (QED) is 0.885. The van der Waals surface area contributed by atoms with Crippen LogP contribution in [-0.4, -0.2) is 7.11 Å². The van der Waals surface area contributed by atoms with Crippen LogP contribution in [0.3, 0.4) is 0 Å². The predicted octanol–water partition coefficient (Wildman–Crippen LogP) is 3.06. The summed E-state index contributed by atoms with van der Waals surface area (Å²) in [5.74, 6) is 1.13. The van der Waals surface area contributed by atoms with Crippen LogP contribution in [0.25, 0.3) is 0 Å². The van der Waals surface area contributed by atoms with Crippen molar-refractivity contribution < 1.29 is 9.13 Å². The van der Waals surface area contributed by atoms with Crippen LogP contribution in [0.5, 0.6) is 5.75 Å². The van der Waals surface area contributed by atoms with Gasteiger partial charge in [-0.3, -0.25) is 0 Å². The first-order chi connectivity index (χ1) is 7.20. The lowest BCUT2D eigenvalue weighted by Crippen LogP contribution is -2.13. The van der Waals surface area contributed by atoms with Gasteiger partial charge in [-0.1, -0.05) is 12.8 Å². The number of hydrogen-bond acceptors (Lipinski definition) is 2. The van der Waals surface area contributed by atoms with Crippen molar-refractivity contribution in [1.82, 2.24) is 0 Å². The van der Waals surface area contributed by atoms with Crippen molar-refractivity contribution in [3.8, 4) is 5.75 Å². The number of methoxy groups -OCH3 is 1. The van der Waals surface area contributed by atoms with Gasteiger partial charge in [0.25, 0.3) is 0 Å². The van der Waals surface area contributed by atoms with Gasteiger partial charge in [-0.2, -0.15) is 0 Å². The van der Waals surface area contributed by atoms with E-state index in [1.54, 1.807) is 19.2 Å². The van der Waals surface area contributed by atoms with Crippen molar-refractivity contribution in [3.63, 3.8) is 0 Å². The van der Waals surface area contributed by atoms with Crippen LogP contribution >= 0.6 is 12.4 Å². The van der Waals surface area contributed by atoms with Gasteiger partial charge in [-0.25, -0.2) is 4.39 Å². The maximum atomic E-state index is 13.5. The molecule has 90 valence electrons. The smallest absolute Gasteiger partial charge is 0.128 e. The second kappa shape index (κ2) is 5.51. The molecular formula is C12H17ClFNO. The number of ether oxygens (including phenoxy) is 1. The van der Waals surface area contributed by atoms with Crippen LogP contribution in [-0.2, 0) is 0 Å². The molecule has 1 atom stereocenters. The molecule has 0 heterocycles. The highest BCUT2D eigenvalue weighted by Crippen LogP contribution is 2.37. The Bertz CT molecular complexity index is 355. The number of rotatable bonds is 4. The van der Waals surface area contributed by atoms with Gasteiger partial charge >= 0.3 is 0 Å². The summed E-state index contributed by atoms with van der Waals surface area (Å²) < 4.78 is 18.6. The molecule has 16 heavy (non-hydrogen) atoms. The van der Waals surface area contributed by atoms with Crippen LogP contribution in [0.4, 0.5) is 4.39 Å². The second-order valence-corrected chi connectivity index (χ2v) is 4.17. The third-order valence-electron chi connectivity index (χ3n) is 2.89. The highest BCUT2D eigenvalue weighted by molar-refractivity contribution is 5.85. The monoisotopic (exact) mass is 245 g/mol. The Labute approximate surface area is 101 Å². The zero-order chi connectivity index (χ0) is 10.8. The van der Waals surface area contributed by atoms with Crippen molar-refractivity contribution >= 4 is 12.4 Å². The minimum Gasteiger partial charge on any atom is -0.497 e. The van der Waals surface area contributed by atoms with Crippen LogP contribution < -0.4 is 10.5 Å². The molecule has 0 unspecified atom stereocenters. The first kappa shape index (κ1) is 13.3. The topological polar surface area (TPSA) is 35.2 Å². The lowest BCUT2D eigenvalue weighted by Gasteiger charge is -2.13. The third-order valence-corrected chi connectivity index (χ3v) is 2.89. The molecule has 0 spiro atoms. The van der Waals surface area contributed by atoms with Gasteiger partial charge in [0, 0.05) is 11.6 Å². The van der Waals surface area contributed by atoms with Crippen LogP contribution in [0, 0.1) is 11.7 Å². The largest absolute Gasteiger partial charge is 0.497 e. The summed E-state index contributed by atoms with van der Waals surface area (Å²) in [5.41, 5.74) is 6.54. The van der Waals surface area contributed by atoms with E-state index in [0.29, 0.717) is 17.2 Å². The molecule has 2 rings (SSSR count). The summed E-state index contributed by atoms with van der Waals surface area (Å²) in [6.45, 7) is 0. The average molecular weight is 246 g/mol. The molecule has 0 bridgehead atoms. The van der Waals surface area contributed by atoms with Crippen LogP contribution in [0.2, 0.25) is 0 Å². The van der Waals surface area contributed by atoms with Gasteiger partial charge in [0.05, 0.1) is 7.11 Å². The molecule has 1 fully saturated rings. The first-order valence-corrected chi connectivity index (χ1v) is 5.29. The van der Waals surface area contributed by atoms with E-state index in [1.807, 2.05) is 0 Å². The molecule has 0 aromatic heterocycles. The van der Waals surface area contributed by atoms with E-state index < -0.39 is 0 Å². The van der Waals surface area contributed by atoms with Crippen LogP contribution in [0.15, 0.2) is 18.2 Å². The van der Waals surface area contributed by atoms with Crippen molar-refractivity contribution in [3.05, 3.63) is 29.6 Å². The van der Waals surface area contributed by atoms with Gasteiger partial charge in [-0.15, -0.1) is 12.4 Å². The van der Waals surface area contributed by atoms with Crippen molar-refractivity contribution in [2.45, 2.75) is 25.3 Å². The maximum absolute atomic E-state index is 13.5. The summed E-state index contributed by atoms with van der Waals surface area (Å²) in [6, 6.07) is 4.53. The van der Waals surface area contributed by atoms with Crippen molar-refractivity contribution in [2.75, 3.05) is 7.11 Å². The molecule has 0 saturated heterocycles. The Balaban J connectivity index is 0.00000128. The summed E-state index contributed by atoms with van der Waals surface area (Å²) >= 11 is 0. The molecule has 2 N–H and O–H groups in total. The fourth-order valence-electron chi connectivity index (χ4n) is 1.77. The van der Waals surface area contributed by atoms with E-state index in [0.717, 1.165) is 6.42 Å². The molecule has 1 aliphatic rings. The summed E-state index contributed by atoms with van der Waals surface area (Å²) in [4.78, 5) is 0. The number of halogens is 2. The second-order valence-electron chi connectivity index (χ2n) is 4.17. The summed E-state index contributed by atoms with van der Waals surface area (Å²) in [6.07, 6.45) is 3.35. The number of nitrogens with two attached hydrogens (primary N) is 1. The number of hydrogen-bond donors (Lipinski definition) is 1. The fourth-order valence-corrected chi connectivity index (χ4v) is 1.77. The van der Waals surface area contributed by atoms with E-state index in [2.05, 4.69) is 0 Å². The van der Waals surface area contributed by atoms with E-state index in [4.69, 9.17) is 10.5 Å². The SMILES string of the molecule is COc1ccc(F)c([C@@H](N)CC2CC2)c1.Cl. The van der Waals surface area contributed by atoms with Gasteiger partial charge in [0.2, 0.25) is 0 Å². The van der Waals surface area contributed by atoms with Crippen molar-refractivity contribution in [2.24, 2.45) is 11.7 Å². The lowest BCUT2D eigenvalue weighted by molar-refractivity contribution is 0.411. The van der Waals surface area contributed by atoms with E-state index in [9.17, 15) is 4.39 Å². The molecule has 1 aliphatic carbocycles. The Morgan fingerprint density at radius 2 is 2.19 bits per heavy atom. The molecule has 1 saturated carbocycles. The molecule has 1 aromatic rings. The van der Waals surface area contributed by atoms with E-state index in [-0.39, 0.29) is 24.3 Å². The zero-order valence-electron chi connectivity index (χ0n) is 9.28. The average Bonchev–Trinajstić information content (AvgIpc) is 3.02. The Hall–Kier alpha value is -0.800. The van der Waals surface area contributed by atoms with Gasteiger partial charge in [0.1, 0.15) is 11.6 Å². The molecule has 4 heteroatoms.